The molecular weight excluding hydrogens is 450 g/mol. The molecule has 0 fully saturated rings. The Balaban J connectivity index is 1.40. The molecule has 1 aliphatic rings. The average molecular weight is 476 g/mol. The van der Waals surface area contributed by atoms with Crippen molar-refractivity contribution in [2.24, 2.45) is 0 Å². The number of para-hydroxylation sites is 2. The van der Waals surface area contributed by atoms with Crippen molar-refractivity contribution >= 4 is 11.0 Å². The Bertz CT molecular complexity index is 1780. The summed E-state index contributed by atoms with van der Waals surface area (Å²) in [6.45, 7) is 4.62. The molecule has 0 saturated heterocycles. The Hall–Kier alpha value is -4.63. The molecule has 1 aliphatic carbocycles. The average Bonchev–Trinajstić information content (AvgIpc) is 3.19. The van der Waals surface area contributed by atoms with E-state index in [1.54, 1.807) is 0 Å². The largest absolute Gasteiger partial charge is 0.265 e. The van der Waals surface area contributed by atoms with Crippen molar-refractivity contribution in [3.63, 3.8) is 0 Å². The van der Waals surface area contributed by atoms with E-state index in [0.717, 1.165) is 44.7 Å². The van der Waals surface area contributed by atoms with E-state index in [9.17, 15) is 0 Å². The molecule has 0 bridgehead atoms. The summed E-state index contributed by atoms with van der Waals surface area (Å²) in [5, 5.41) is 0. The Morgan fingerprint density at radius 3 is 1.76 bits per heavy atom. The van der Waals surface area contributed by atoms with Crippen LogP contribution in [0.1, 0.15) is 25.0 Å². The van der Waals surface area contributed by atoms with E-state index in [0.29, 0.717) is 0 Å². The first-order valence-corrected chi connectivity index (χ1v) is 12.6. The number of aromatic nitrogens is 3. The lowest BCUT2D eigenvalue weighted by molar-refractivity contribution is 0.660. The minimum Gasteiger partial charge on any atom is -0.265 e. The second-order valence-corrected chi connectivity index (χ2v) is 10.2. The van der Waals surface area contributed by atoms with Gasteiger partial charge in [0.25, 0.3) is 0 Å². The fourth-order valence-electron chi connectivity index (χ4n) is 5.62. The fraction of sp³-hybridized carbons (Fsp3) is 0.0882. The van der Waals surface area contributed by atoms with Gasteiger partial charge in [-0.05, 0) is 63.7 Å². The third-order valence-corrected chi connectivity index (χ3v) is 7.60. The van der Waals surface area contributed by atoms with Crippen LogP contribution in [0.2, 0.25) is 0 Å². The number of rotatable bonds is 3. The first kappa shape index (κ1) is 21.6. The highest BCUT2D eigenvalue weighted by atomic mass is 14.8. The highest BCUT2D eigenvalue weighted by Crippen LogP contribution is 2.49. The summed E-state index contributed by atoms with van der Waals surface area (Å²) in [4.78, 5) is 14.4. The minimum absolute atomic E-state index is 0.0709. The first-order chi connectivity index (χ1) is 18.1. The quantitative estimate of drug-likeness (QED) is 0.258. The van der Waals surface area contributed by atoms with E-state index in [4.69, 9.17) is 9.97 Å². The van der Waals surface area contributed by atoms with E-state index >= 15 is 0 Å². The number of hydrogen-bond donors (Lipinski definition) is 0. The van der Waals surface area contributed by atoms with Gasteiger partial charge in [-0.25, -0.2) is 9.97 Å². The molecule has 3 heteroatoms. The van der Waals surface area contributed by atoms with Crippen molar-refractivity contribution < 1.29 is 0 Å². The number of nitrogens with zero attached hydrogens (tertiary/aromatic N) is 3. The maximum atomic E-state index is 5.15. The Morgan fingerprint density at radius 1 is 0.486 bits per heavy atom. The van der Waals surface area contributed by atoms with Crippen LogP contribution in [0.5, 0.6) is 0 Å². The standard InChI is InChI=1S/C34H25N3/c1-34(2)28-8-4-3-7-26(28)27-16-15-25(21-29(27)34)33-32(36-30-9-5-6-10-31(30)37-33)24-13-11-22(12-14-24)23-17-19-35-20-18-23/h3-21H,1-2H3. The lowest BCUT2D eigenvalue weighted by Gasteiger charge is -2.22. The molecule has 6 aromatic rings. The van der Waals surface area contributed by atoms with Crippen molar-refractivity contribution in [3.05, 3.63) is 127 Å². The van der Waals surface area contributed by atoms with Gasteiger partial charge in [0.1, 0.15) is 0 Å². The highest BCUT2D eigenvalue weighted by Gasteiger charge is 2.35. The van der Waals surface area contributed by atoms with Crippen molar-refractivity contribution in [2.75, 3.05) is 0 Å². The Morgan fingerprint density at radius 2 is 1.03 bits per heavy atom. The van der Waals surface area contributed by atoms with Gasteiger partial charge in [-0.1, -0.05) is 86.6 Å². The van der Waals surface area contributed by atoms with Gasteiger partial charge < -0.3 is 0 Å². The van der Waals surface area contributed by atoms with Gasteiger partial charge in [0, 0.05) is 28.9 Å². The molecule has 0 radical (unpaired) electrons. The normalized spacial score (nSPS) is 13.4. The smallest absolute Gasteiger partial charge is 0.0973 e. The van der Waals surface area contributed by atoms with E-state index < -0.39 is 0 Å². The zero-order valence-corrected chi connectivity index (χ0v) is 20.8. The summed E-state index contributed by atoms with van der Waals surface area (Å²) in [6, 6.07) is 36.3. The van der Waals surface area contributed by atoms with Crippen molar-refractivity contribution in [1.29, 1.82) is 0 Å². The summed E-state index contributed by atoms with van der Waals surface area (Å²) in [6.07, 6.45) is 3.65. The monoisotopic (exact) mass is 475 g/mol. The molecule has 0 saturated carbocycles. The predicted octanol–water partition coefficient (Wildman–Crippen LogP) is 8.33. The van der Waals surface area contributed by atoms with Gasteiger partial charge in [-0.2, -0.15) is 0 Å². The molecule has 0 spiro atoms. The number of hydrogen-bond acceptors (Lipinski definition) is 3. The topological polar surface area (TPSA) is 38.7 Å². The highest BCUT2D eigenvalue weighted by molar-refractivity contribution is 5.89. The SMILES string of the molecule is CC1(C)c2ccccc2-c2ccc(-c3nc4ccccc4nc3-c3ccc(-c4ccncc4)cc3)cc21. The predicted molar refractivity (Wildman–Crippen MR) is 151 cm³/mol. The van der Waals surface area contributed by atoms with Crippen LogP contribution in [0.3, 0.4) is 0 Å². The van der Waals surface area contributed by atoms with Crippen molar-refractivity contribution in [2.45, 2.75) is 19.3 Å². The molecule has 37 heavy (non-hydrogen) atoms. The molecule has 2 aromatic heterocycles. The van der Waals surface area contributed by atoms with Gasteiger partial charge in [0.05, 0.1) is 22.4 Å². The molecule has 0 aliphatic heterocycles. The molecule has 0 atom stereocenters. The third kappa shape index (κ3) is 3.47. The van der Waals surface area contributed by atoms with Crippen LogP contribution in [-0.4, -0.2) is 15.0 Å². The molecule has 4 aromatic carbocycles. The minimum atomic E-state index is -0.0709. The van der Waals surface area contributed by atoms with Gasteiger partial charge in [-0.3, -0.25) is 4.98 Å². The van der Waals surface area contributed by atoms with E-state index in [-0.39, 0.29) is 5.41 Å². The summed E-state index contributed by atoms with van der Waals surface area (Å²) < 4.78 is 0. The number of benzene rings is 4. The van der Waals surface area contributed by atoms with Gasteiger partial charge >= 0.3 is 0 Å². The second-order valence-electron chi connectivity index (χ2n) is 10.2. The molecule has 7 rings (SSSR count). The van der Waals surface area contributed by atoms with E-state index in [2.05, 4.69) is 85.6 Å². The fourth-order valence-corrected chi connectivity index (χ4v) is 5.62. The van der Waals surface area contributed by atoms with Crippen molar-refractivity contribution in [1.82, 2.24) is 15.0 Å². The molecule has 0 amide bonds. The summed E-state index contributed by atoms with van der Waals surface area (Å²) in [5.74, 6) is 0. The molecule has 3 nitrogen and oxygen atoms in total. The van der Waals surface area contributed by atoms with Crippen LogP contribution in [0.15, 0.2) is 116 Å². The molecular formula is C34H25N3. The van der Waals surface area contributed by atoms with Gasteiger partial charge in [-0.15, -0.1) is 0 Å². The Labute approximate surface area is 216 Å². The molecule has 0 N–H and O–H groups in total. The van der Waals surface area contributed by atoms with Crippen LogP contribution in [0.4, 0.5) is 0 Å². The first-order valence-electron chi connectivity index (χ1n) is 12.6. The van der Waals surface area contributed by atoms with Gasteiger partial charge in [0.15, 0.2) is 0 Å². The van der Waals surface area contributed by atoms with Crippen LogP contribution < -0.4 is 0 Å². The maximum absolute atomic E-state index is 5.15. The maximum Gasteiger partial charge on any atom is 0.0973 e. The second kappa shape index (κ2) is 8.21. The zero-order chi connectivity index (χ0) is 25.0. The van der Waals surface area contributed by atoms with E-state index in [1.807, 2.05) is 48.8 Å². The molecule has 2 heterocycles. The van der Waals surface area contributed by atoms with Crippen molar-refractivity contribution in [3.8, 4) is 44.8 Å². The molecule has 0 unspecified atom stereocenters. The Kier molecular flexibility index (Phi) is 4.80. The number of fused-ring (bicyclic) bond motifs is 4. The molecule has 176 valence electrons. The lowest BCUT2D eigenvalue weighted by atomic mass is 9.81. The van der Waals surface area contributed by atoms with E-state index in [1.165, 1.54) is 22.3 Å². The number of pyridine rings is 1. The van der Waals surface area contributed by atoms with Crippen LogP contribution in [0, 0.1) is 0 Å². The summed E-state index contributed by atoms with van der Waals surface area (Å²) >= 11 is 0. The van der Waals surface area contributed by atoms with Crippen LogP contribution in [-0.2, 0) is 5.41 Å². The lowest BCUT2D eigenvalue weighted by Crippen LogP contribution is -2.15. The van der Waals surface area contributed by atoms with Crippen LogP contribution in [0.25, 0.3) is 55.8 Å². The summed E-state index contributed by atoms with van der Waals surface area (Å²) in [5.41, 5.74) is 13.3. The van der Waals surface area contributed by atoms with Crippen LogP contribution >= 0.6 is 0 Å². The summed E-state index contributed by atoms with van der Waals surface area (Å²) in [7, 11) is 0. The third-order valence-electron chi connectivity index (χ3n) is 7.60. The van der Waals surface area contributed by atoms with Gasteiger partial charge in [0.2, 0.25) is 0 Å². The zero-order valence-electron chi connectivity index (χ0n) is 20.8.